The van der Waals surface area contributed by atoms with Gasteiger partial charge in [-0.25, -0.2) is 31.9 Å². The molecule has 2 aliphatic heterocycles. The summed E-state index contributed by atoms with van der Waals surface area (Å²) < 4.78 is 54.7. The average Bonchev–Trinajstić information content (AvgIpc) is 3.88. The molecule has 2 aliphatic rings. The zero-order valence-corrected chi connectivity index (χ0v) is 36.6. The Bertz CT molecular complexity index is 2470. The molecule has 62 heavy (non-hydrogen) atoms. The predicted octanol–water partition coefficient (Wildman–Crippen LogP) is 5.63. The number of ether oxygens (including phenoxy) is 4. The highest BCUT2D eigenvalue weighted by Crippen LogP contribution is 2.58. The van der Waals surface area contributed by atoms with Gasteiger partial charge in [-0.05, 0) is 62.4 Å². The Morgan fingerprint density at radius 2 is 1.60 bits per heavy atom. The van der Waals surface area contributed by atoms with E-state index in [0.29, 0.717) is 28.6 Å². The van der Waals surface area contributed by atoms with E-state index in [2.05, 4.69) is 17.2 Å². The van der Waals surface area contributed by atoms with Crippen molar-refractivity contribution in [3.8, 4) is 0 Å². The second-order valence-electron chi connectivity index (χ2n) is 16.3. The van der Waals surface area contributed by atoms with Crippen molar-refractivity contribution in [2.45, 2.75) is 94.2 Å². The van der Waals surface area contributed by atoms with Crippen molar-refractivity contribution < 1.29 is 51.3 Å². The lowest BCUT2D eigenvalue weighted by Gasteiger charge is -2.39. The number of amides is 3. The number of methoxy groups -OCH3 is 2. The van der Waals surface area contributed by atoms with Crippen LogP contribution in [0.5, 0.6) is 0 Å². The van der Waals surface area contributed by atoms with Crippen LogP contribution in [0, 0.1) is 5.92 Å². The molecule has 0 unspecified atom stereocenters. The zero-order chi connectivity index (χ0) is 45.1. The van der Waals surface area contributed by atoms with Crippen LogP contribution in [-0.2, 0) is 55.3 Å². The monoisotopic (exact) mass is 871 g/mol. The van der Waals surface area contributed by atoms with E-state index in [9.17, 15) is 24.0 Å². The number of nitrogens with zero attached hydrogens (tertiary/aromatic N) is 3. The predicted molar refractivity (Wildman–Crippen MR) is 229 cm³/mol. The van der Waals surface area contributed by atoms with Crippen molar-refractivity contribution in [3.63, 3.8) is 0 Å². The highest BCUT2D eigenvalue weighted by Gasteiger charge is 2.68. The van der Waals surface area contributed by atoms with Gasteiger partial charge in [0.05, 0.1) is 24.8 Å². The number of fused-ring (bicyclic) bond motifs is 4. The van der Waals surface area contributed by atoms with Crippen molar-refractivity contribution in [1.29, 1.82) is 0 Å². The Morgan fingerprint density at radius 3 is 2.24 bits per heavy atom. The van der Waals surface area contributed by atoms with Crippen LogP contribution in [-0.4, -0.2) is 98.6 Å². The molecular weight excluding hydrogens is 819 g/mol. The number of carbonyl (C=O) groups is 5. The molecule has 0 saturated carbocycles. The van der Waals surface area contributed by atoms with Crippen LogP contribution in [0.25, 0.3) is 10.9 Å². The number of rotatable bonds is 14. The summed E-state index contributed by atoms with van der Waals surface area (Å²) in [5, 5.41) is 6.13. The van der Waals surface area contributed by atoms with Gasteiger partial charge in [0.15, 0.2) is 6.17 Å². The number of anilines is 1. The third kappa shape index (κ3) is 8.32. The summed E-state index contributed by atoms with van der Waals surface area (Å²) >= 11 is 0. The van der Waals surface area contributed by atoms with Crippen molar-refractivity contribution >= 4 is 56.6 Å². The van der Waals surface area contributed by atoms with Gasteiger partial charge in [-0.2, -0.15) is 0 Å². The molecule has 0 bridgehead atoms. The van der Waals surface area contributed by atoms with Crippen LogP contribution in [0.3, 0.4) is 0 Å². The van der Waals surface area contributed by atoms with E-state index >= 15 is 8.42 Å². The van der Waals surface area contributed by atoms with Crippen LogP contribution in [0.1, 0.15) is 58.7 Å². The Labute approximate surface area is 361 Å². The largest absolute Gasteiger partial charge is 0.467 e. The summed E-state index contributed by atoms with van der Waals surface area (Å²) in [4.78, 5) is 70.3. The SMILES string of the molecule is C=CCOC(=O)N[C@H](C(=O)N[C@@H](Cc1cc2ccccc2n1[C@]12C[C@@H](C(=O)OC)N(C(=O)OC)[C@H]1N(S(=O)(=O)c1ccccc1)c1ccccc12)C(=O)OC(C)(C)C)[C@@H](C)CC. The first-order valence-electron chi connectivity index (χ1n) is 20.2. The number of para-hydroxylation sites is 2. The summed E-state index contributed by atoms with van der Waals surface area (Å²) in [7, 11) is -2.19. The minimum Gasteiger partial charge on any atom is -0.467 e. The van der Waals surface area contributed by atoms with E-state index in [1.807, 2.05) is 35.8 Å². The van der Waals surface area contributed by atoms with Crippen LogP contribution in [0.15, 0.2) is 102 Å². The smallest absolute Gasteiger partial charge is 0.412 e. The maximum atomic E-state index is 15.1. The average molecular weight is 872 g/mol. The van der Waals surface area contributed by atoms with Gasteiger partial charge in [0.1, 0.15) is 35.9 Å². The van der Waals surface area contributed by atoms with Gasteiger partial charge in [-0.1, -0.05) is 87.5 Å². The molecule has 6 atom stereocenters. The number of sulfonamides is 1. The molecule has 4 aromatic rings. The third-order valence-electron chi connectivity index (χ3n) is 11.2. The fourth-order valence-electron chi connectivity index (χ4n) is 8.45. The van der Waals surface area contributed by atoms with Gasteiger partial charge in [-0.3, -0.25) is 9.69 Å². The van der Waals surface area contributed by atoms with Crippen molar-refractivity contribution in [1.82, 2.24) is 20.1 Å². The number of carbonyl (C=O) groups excluding carboxylic acids is 5. The normalized spacial score (nSPS) is 19.7. The molecule has 3 heterocycles. The van der Waals surface area contributed by atoms with Crippen LogP contribution >= 0.6 is 0 Å². The summed E-state index contributed by atoms with van der Waals surface area (Å²) in [6.07, 6.45) is -1.87. The number of likely N-dealkylation sites (tertiary alicyclic amines) is 1. The second kappa shape index (κ2) is 17.9. The quantitative estimate of drug-likeness (QED) is 0.0907. The van der Waals surface area contributed by atoms with Crippen LogP contribution < -0.4 is 14.9 Å². The van der Waals surface area contributed by atoms with Crippen molar-refractivity contribution in [2.24, 2.45) is 5.92 Å². The first-order chi connectivity index (χ1) is 29.4. The number of nitrogens with one attached hydrogen (secondary N) is 2. The number of benzene rings is 3. The first-order valence-corrected chi connectivity index (χ1v) is 21.7. The number of hydrogen-bond donors (Lipinski definition) is 2. The van der Waals surface area contributed by atoms with Gasteiger partial charge in [0, 0.05) is 29.6 Å². The van der Waals surface area contributed by atoms with E-state index in [1.165, 1.54) is 25.3 Å². The number of aromatic nitrogens is 1. The Balaban J connectivity index is 1.60. The molecule has 3 aromatic carbocycles. The number of esters is 2. The molecule has 3 amide bonds. The van der Waals surface area contributed by atoms with E-state index in [-0.39, 0.29) is 30.0 Å². The highest BCUT2D eigenvalue weighted by atomic mass is 32.2. The summed E-state index contributed by atoms with van der Waals surface area (Å²) in [5.74, 6) is -2.68. The topological polar surface area (TPSA) is 192 Å². The molecular formula is C45H53N5O11S. The molecule has 2 N–H and O–H groups in total. The molecule has 1 fully saturated rings. The van der Waals surface area contributed by atoms with E-state index in [0.717, 1.165) is 16.3 Å². The highest BCUT2D eigenvalue weighted by molar-refractivity contribution is 7.92. The molecule has 16 nitrogen and oxygen atoms in total. The maximum absolute atomic E-state index is 15.1. The zero-order valence-electron chi connectivity index (χ0n) is 35.8. The summed E-state index contributed by atoms with van der Waals surface area (Å²) in [6, 6.07) is 19.7. The standard InChI is InChI=1S/C45H53N5O11S/c1-9-24-60-42(54)47-37(28(3)10-2)38(51)46-33(39(52)61-44(4,5)6)26-30-25-29-18-14-16-22-34(29)49(30)45-27-36(40(53)58-7)48(43(55)59-8)41(45)50(35-23-17-15-21-32(35)45)62(56,57)31-19-12-11-13-20-31/h9,11-23,25,28,33,36-37,41H,1,10,24,26-27H2,2-8H3,(H,46,51)(H,47,54)/t28-,33-,36-,37-,41-,45-/m0/s1. The minimum absolute atomic E-state index is 0.0694. The van der Waals surface area contributed by atoms with Gasteiger partial charge >= 0.3 is 24.1 Å². The van der Waals surface area contributed by atoms with Gasteiger partial charge in [-0.15, -0.1) is 0 Å². The maximum Gasteiger partial charge on any atom is 0.412 e. The van der Waals surface area contributed by atoms with E-state index in [1.54, 1.807) is 76.2 Å². The summed E-state index contributed by atoms with van der Waals surface area (Å²) in [5.41, 5.74) is -0.919. The molecule has 6 rings (SSSR count). The molecule has 0 radical (unpaired) electrons. The lowest BCUT2D eigenvalue weighted by molar-refractivity contribution is -0.158. The fraction of sp³-hybridized carbons (Fsp3) is 0.400. The molecule has 17 heteroatoms. The van der Waals surface area contributed by atoms with Crippen molar-refractivity contribution in [2.75, 3.05) is 25.1 Å². The number of hydrogen-bond acceptors (Lipinski definition) is 11. The third-order valence-corrected chi connectivity index (χ3v) is 13.0. The van der Waals surface area contributed by atoms with Crippen molar-refractivity contribution in [3.05, 3.63) is 109 Å². The lowest BCUT2D eigenvalue weighted by Crippen LogP contribution is -2.58. The van der Waals surface area contributed by atoms with Crippen LogP contribution in [0.4, 0.5) is 15.3 Å². The Hall–Kier alpha value is -6.36. The van der Waals surface area contributed by atoms with Crippen LogP contribution in [0.2, 0.25) is 0 Å². The fourth-order valence-corrected chi connectivity index (χ4v) is 10.1. The molecule has 1 saturated heterocycles. The Morgan fingerprint density at radius 1 is 0.935 bits per heavy atom. The molecule has 330 valence electrons. The van der Waals surface area contributed by atoms with E-state index < -0.39 is 81.4 Å². The first kappa shape index (κ1) is 45.2. The minimum atomic E-state index is -4.50. The lowest BCUT2D eigenvalue weighted by atomic mass is 9.85. The molecule has 0 spiro atoms. The van der Waals surface area contributed by atoms with Gasteiger partial charge in [0.2, 0.25) is 5.91 Å². The Kier molecular flexibility index (Phi) is 13.1. The molecule has 0 aliphatic carbocycles. The molecule has 1 aromatic heterocycles. The van der Waals surface area contributed by atoms with Gasteiger partial charge in [0.25, 0.3) is 10.0 Å². The van der Waals surface area contributed by atoms with Gasteiger partial charge < -0.3 is 34.1 Å². The number of alkyl carbamates (subject to hydrolysis) is 1. The second-order valence-corrected chi connectivity index (χ2v) is 18.1. The summed E-state index contributed by atoms with van der Waals surface area (Å²) in [6.45, 7) is 12.2. The van der Waals surface area contributed by atoms with E-state index in [4.69, 9.17) is 18.9 Å².